The van der Waals surface area contributed by atoms with Crippen LogP contribution in [-0.4, -0.2) is 27.9 Å². The smallest absolute Gasteiger partial charge is 0.277 e. The first-order valence-electron chi connectivity index (χ1n) is 8.34. The largest absolute Gasteiger partial charge is 0.469 e. The molecular weight excluding hydrogens is 326 g/mol. The van der Waals surface area contributed by atoms with Crippen LogP contribution in [0.4, 0.5) is 0 Å². The highest BCUT2D eigenvalue weighted by Gasteiger charge is 2.28. The maximum absolute atomic E-state index is 12.2. The third-order valence-corrected chi connectivity index (χ3v) is 5.69. The average Bonchev–Trinajstić information content (AvgIpc) is 3.18. The van der Waals surface area contributed by atoms with Gasteiger partial charge in [-0.2, -0.15) is 0 Å². The summed E-state index contributed by atoms with van der Waals surface area (Å²) in [5.74, 6) is 2.63. The Morgan fingerprint density at radius 3 is 2.96 bits per heavy atom. The van der Waals surface area contributed by atoms with Crippen molar-refractivity contribution in [2.75, 3.05) is 5.75 Å². The Labute approximate surface area is 145 Å². The monoisotopic (exact) mass is 349 g/mol. The number of carbonyl (C=O) groups excluding carboxylic acids is 1. The quantitative estimate of drug-likeness (QED) is 0.830. The van der Waals surface area contributed by atoms with Gasteiger partial charge < -0.3 is 14.2 Å². The van der Waals surface area contributed by atoms with Crippen LogP contribution in [0.25, 0.3) is 11.5 Å². The highest BCUT2D eigenvalue weighted by Crippen LogP contribution is 2.30. The van der Waals surface area contributed by atoms with Crippen molar-refractivity contribution < 1.29 is 13.6 Å². The molecule has 2 heterocycles. The molecule has 1 aliphatic rings. The van der Waals surface area contributed by atoms with Crippen molar-refractivity contribution in [2.45, 2.75) is 51.3 Å². The molecule has 0 bridgehead atoms. The number of rotatable bonds is 5. The Hall–Kier alpha value is -1.76. The number of hydrogen-bond acceptors (Lipinski definition) is 6. The summed E-state index contributed by atoms with van der Waals surface area (Å²) < 4.78 is 10.8. The van der Waals surface area contributed by atoms with Crippen LogP contribution in [0, 0.1) is 18.8 Å². The normalized spacial score (nSPS) is 24.0. The third-order valence-electron chi connectivity index (χ3n) is 4.88. The fourth-order valence-corrected chi connectivity index (χ4v) is 3.72. The molecule has 2 aromatic rings. The topological polar surface area (TPSA) is 81.2 Å². The van der Waals surface area contributed by atoms with Crippen molar-refractivity contribution >= 4 is 17.7 Å². The molecule has 0 spiro atoms. The van der Waals surface area contributed by atoms with Crippen molar-refractivity contribution in [3.63, 3.8) is 0 Å². The number of furan rings is 1. The van der Waals surface area contributed by atoms with Gasteiger partial charge in [-0.05, 0) is 31.2 Å². The molecule has 1 N–H and O–H groups in total. The fourth-order valence-electron chi connectivity index (χ4n) is 3.15. The number of hydrogen-bond donors (Lipinski definition) is 1. The number of nitrogens with one attached hydrogen (secondary N) is 1. The van der Waals surface area contributed by atoms with E-state index in [2.05, 4.69) is 29.4 Å². The van der Waals surface area contributed by atoms with E-state index in [9.17, 15) is 4.79 Å². The molecule has 1 saturated carbocycles. The molecule has 1 amide bonds. The number of thioether (sulfide) groups is 1. The Morgan fingerprint density at radius 2 is 2.21 bits per heavy atom. The van der Waals surface area contributed by atoms with Crippen LogP contribution in [0.2, 0.25) is 0 Å². The number of carbonyl (C=O) groups is 1. The molecule has 2 aromatic heterocycles. The first-order valence-corrected chi connectivity index (χ1v) is 9.33. The summed E-state index contributed by atoms with van der Waals surface area (Å²) in [6, 6.07) is 2.06. The Bertz CT molecular complexity index is 697. The van der Waals surface area contributed by atoms with Crippen LogP contribution in [0.5, 0.6) is 0 Å². The van der Waals surface area contributed by atoms with Crippen molar-refractivity contribution in [3.05, 3.63) is 18.1 Å². The fraction of sp³-hybridized carbons (Fsp3) is 0.588. The first kappa shape index (κ1) is 17.1. The van der Waals surface area contributed by atoms with Gasteiger partial charge in [0.2, 0.25) is 5.91 Å². The highest BCUT2D eigenvalue weighted by molar-refractivity contribution is 7.99. The van der Waals surface area contributed by atoms with E-state index in [4.69, 9.17) is 8.83 Å². The van der Waals surface area contributed by atoms with Crippen LogP contribution in [0.15, 0.2) is 26.4 Å². The minimum atomic E-state index is 0.0187. The standard InChI is InChI=1S/C17H23N3O3S/c1-10-5-4-6-14(11(10)2)18-15(21)9-24-17-20-19-16(23-17)13-7-8-22-12(13)3/h7-8,10-11,14H,4-6,9H2,1-3H3,(H,18,21)/t10-,11+,14-/m0/s1. The van der Waals surface area contributed by atoms with Gasteiger partial charge in [0.25, 0.3) is 11.1 Å². The van der Waals surface area contributed by atoms with Gasteiger partial charge in [0.1, 0.15) is 5.76 Å². The van der Waals surface area contributed by atoms with Crippen molar-refractivity contribution in [3.8, 4) is 11.5 Å². The third kappa shape index (κ3) is 3.83. The van der Waals surface area contributed by atoms with E-state index in [1.54, 1.807) is 12.3 Å². The number of amides is 1. The van der Waals surface area contributed by atoms with Crippen LogP contribution in [0.3, 0.4) is 0 Å². The molecule has 1 aliphatic carbocycles. The summed E-state index contributed by atoms with van der Waals surface area (Å²) in [4.78, 5) is 12.2. The Kier molecular flexibility index (Phi) is 5.28. The zero-order valence-corrected chi connectivity index (χ0v) is 15.1. The first-order chi connectivity index (χ1) is 11.5. The second-order valence-electron chi connectivity index (χ2n) is 6.49. The van der Waals surface area contributed by atoms with Gasteiger partial charge in [0.05, 0.1) is 17.6 Å². The lowest BCUT2D eigenvalue weighted by Crippen LogP contribution is -2.44. The van der Waals surface area contributed by atoms with Crippen molar-refractivity contribution in [1.29, 1.82) is 0 Å². The Balaban J connectivity index is 1.52. The van der Waals surface area contributed by atoms with Gasteiger partial charge in [-0.3, -0.25) is 4.79 Å². The van der Waals surface area contributed by atoms with E-state index >= 15 is 0 Å². The lowest BCUT2D eigenvalue weighted by molar-refractivity contribution is -0.120. The van der Waals surface area contributed by atoms with E-state index in [0.717, 1.165) is 17.7 Å². The minimum absolute atomic E-state index is 0.0187. The molecule has 0 unspecified atom stereocenters. The average molecular weight is 349 g/mol. The highest BCUT2D eigenvalue weighted by atomic mass is 32.2. The zero-order valence-electron chi connectivity index (χ0n) is 14.2. The lowest BCUT2D eigenvalue weighted by Gasteiger charge is -2.34. The maximum Gasteiger partial charge on any atom is 0.277 e. The van der Waals surface area contributed by atoms with E-state index in [-0.39, 0.29) is 17.7 Å². The summed E-state index contributed by atoms with van der Waals surface area (Å²) >= 11 is 1.26. The van der Waals surface area contributed by atoms with Gasteiger partial charge in [0.15, 0.2) is 0 Å². The predicted octanol–water partition coefficient (Wildman–Crippen LogP) is 3.67. The summed E-state index contributed by atoms with van der Waals surface area (Å²) in [6.45, 7) is 6.32. The van der Waals surface area contributed by atoms with Gasteiger partial charge in [0, 0.05) is 6.04 Å². The summed E-state index contributed by atoms with van der Waals surface area (Å²) in [6.07, 6.45) is 5.08. The predicted molar refractivity (Wildman–Crippen MR) is 91.6 cm³/mol. The molecule has 3 atom stereocenters. The second kappa shape index (κ2) is 7.42. The molecular formula is C17H23N3O3S. The SMILES string of the molecule is Cc1occc1-c1nnc(SCC(=O)N[C@H]2CCC[C@H](C)[C@H]2C)o1. The van der Waals surface area contributed by atoms with Gasteiger partial charge >= 0.3 is 0 Å². The molecule has 0 saturated heterocycles. The lowest BCUT2D eigenvalue weighted by atomic mass is 9.78. The van der Waals surface area contributed by atoms with E-state index in [1.165, 1.54) is 24.6 Å². The van der Waals surface area contributed by atoms with E-state index in [1.807, 2.05) is 6.92 Å². The van der Waals surface area contributed by atoms with Crippen LogP contribution in [0.1, 0.15) is 38.9 Å². The molecule has 0 aromatic carbocycles. The number of aromatic nitrogens is 2. The Morgan fingerprint density at radius 1 is 1.38 bits per heavy atom. The molecule has 3 rings (SSSR count). The molecule has 24 heavy (non-hydrogen) atoms. The minimum Gasteiger partial charge on any atom is -0.469 e. The van der Waals surface area contributed by atoms with Crippen molar-refractivity contribution in [1.82, 2.24) is 15.5 Å². The molecule has 7 heteroatoms. The van der Waals surface area contributed by atoms with E-state index in [0.29, 0.717) is 22.9 Å². The summed E-state index contributed by atoms with van der Waals surface area (Å²) in [5, 5.41) is 11.5. The van der Waals surface area contributed by atoms with Crippen LogP contribution >= 0.6 is 11.8 Å². The summed E-state index contributed by atoms with van der Waals surface area (Å²) in [5.41, 5.74) is 0.781. The van der Waals surface area contributed by atoms with Gasteiger partial charge in [-0.25, -0.2) is 0 Å². The van der Waals surface area contributed by atoms with Crippen LogP contribution in [-0.2, 0) is 4.79 Å². The molecule has 130 valence electrons. The molecule has 1 fully saturated rings. The molecule has 6 nitrogen and oxygen atoms in total. The van der Waals surface area contributed by atoms with Gasteiger partial charge in [-0.1, -0.05) is 38.5 Å². The van der Waals surface area contributed by atoms with Gasteiger partial charge in [-0.15, -0.1) is 10.2 Å². The summed E-state index contributed by atoms with van der Waals surface area (Å²) in [7, 11) is 0. The maximum atomic E-state index is 12.2. The number of nitrogens with zero attached hydrogens (tertiary/aromatic N) is 2. The van der Waals surface area contributed by atoms with Crippen LogP contribution < -0.4 is 5.32 Å². The zero-order chi connectivity index (χ0) is 17.1. The number of aryl methyl sites for hydroxylation is 1. The van der Waals surface area contributed by atoms with Crippen molar-refractivity contribution in [2.24, 2.45) is 11.8 Å². The second-order valence-corrected chi connectivity index (χ2v) is 7.42. The van der Waals surface area contributed by atoms with E-state index < -0.39 is 0 Å². The molecule has 0 radical (unpaired) electrons. The molecule has 0 aliphatic heterocycles.